The molecule has 1 saturated heterocycles. The molecule has 8 heteroatoms. The summed E-state index contributed by atoms with van der Waals surface area (Å²) in [6, 6.07) is 0. The minimum Gasteiger partial charge on any atom is -0.478 e. The van der Waals surface area contributed by atoms with E-state index in [1.54, 1.807) is 0 Å². The zero-order chi connectivity index (χ0) is 18.8. The number of hydrogen-bond acceptors (Lipinski definition) is 5. The van der Waals surface area contributed by atoms with E-state index >= 15 is 0 Å². The van der Waals surface area contributed by atoms with Crippen molar-refractivity contribution in [2.24, 2.45) is 11.7 Å². The minimum absolute atomic E-state index is 0.169. The van der Waals surface area contributed by atoms with Crippen LogP contribution in [0.3, 0.4) is 0 Å². The van der Waals surface area contributed by atoms with Gasteiger partial charge in [0.25, 0.3) is 0 Å². The molecule has 3 aliphatic heterocycles. The Morgan fingerprint density at radius 1 is 1.35 bits per heavy atom. The van der Waals surface area contributed by atoms with Crippen molar-refractivity contribution in [2.45, 2.75) is 50.8 Å². The Balaban J connectivity index is 2.00. The highest BCUT2D eigenvalue weighted by molar-refractivity contribution is 8.04. The van der Waals surface area contributed by atoms with Gasteiger partial charge in [0.05, 0.1) is 5.57 Å². The lowest BCUT2D eigenvalue weighted by Gasteiger charge is -2.42. The van der Waals surface area contributed by atoms with Crippen LogP contribution in [0.15, 0.2) is 21.7 Å². The van der Waals surface area contributed by atoms with Crippen molar-refractivity contribution in [2.75, 3.05) is 13.1 Å². The van der Waals surface area contributed by atoms with Gasteiger partial charge in [-0.3, -0.25) is 9.59 Å². The first-order valence-corrected chi connectivity index (χ1v) is 10.0. The Morgan fingerprint density at radius 3 is 2.77 bits per heavy atom. The second kappa shape index (κ2) is 7.73. The first-order chi connectivity index (χ1) is 12.4. The number of nitrogens with two attached hydrogens (primary N) is 1. The maximum atomic E-state index is 12.0. The number of carbonyl (C=O) groups is 3. The molecule has 3 rings (SSSR count). The molecule has 0 radical (unpaired) electrons. The fraction of sp³-hybridized carbons (Fsp3) is 0.611. The number of piperidine rings is 1. The summed E-state index contributed by atoms with van der Waals surface area (Å²) in [6.07, 6.45) is 6.21. The zero-order valence-electron chi connectivity index (χ0n) is 14.9. The van der Waals surface area contributed by atoms with Gasteiger partial charge in [-0.15, -0.1) is 0 Å². The number of carboxylic acid groups (broad SMARTS) is 1. The molecule has 2 bridgehead atoms. The molecule has 2 unspecified atom stereocenters. The van der Waals surface area contributed by atoms with E-state index in [1.165, 1.54) is 17.5 Å². The Morgan fingerprint density at radius 2 is 2.12 bits per heavy atom. The van der Waals surface area contributed by atoms with Crippen LogP contribution < -0.4 is 11.1 Å². The summed E-state index contributed by atoms with van der Waals surface area (Å²) in [5, 5.41) is 11.5. The lowest BCUT2D eigenvalue weighted by molar-refractivity contribution is -0.137. The number of allylic oxidation sites excluding steroid dienone is 2. The monoisotopic (exact) mass is 379 g/mol. The minimum atomic E-state index is -1.10. The smallest absolute Gasteiger partial charge is 0.334 e. The van der Waals surface area contributed by atoms with E-state index in [4.69, 9.17) is 5.73 Å². The molecule has 7 nitrogen and oxygen atoms in total. The van der Waals surface area contributed by atoms with Crippen LogP contribution in [0.4, 0.5) is 0 Å². The predicted octanol–water partition coefficient (Wildman–Crippen LogP) is 1.56. The van der Waals surface area contributed by atoms with E-state index in [0.29, 0.717) is 0 Å². The Hall–Kier alpha value is -1.96. The van der Waals surface area contributed by atoms with Crippen LogP contribution in [0.1, 0.15) is 45.4 Å². The van der Waals surface area contributed by atoms with Crippen molar-refractivity contribution < 1.29 is 19.5 Å². The van der Waals surface area contributed by atoms with Gasteiger partial charge in [-0.25, -0.2) is 4.79 Å². The summed E-state index contributed by atoms with van der Waals surface area (Å²) in [5.74, 6) is -2.92. The van der Waals surface area contributed by atoms with Crippen molar-refractivity contribution in [3.8, 4) is 0 Å². The number of nitrogens with zero attached hydrogens (tertiary/aromatic N) is 1. The van der Waals surface area contributed by atoms with Crippen LogP contribution in [0.5, 0.6) is 0 Å². The number of unbranched alkanes of at least 4 members (excludes halogenated alkanes) is 2. The molecule has 142 valence electrons. The molecule has 2 amide bonds. The largest absolute Gasteiger partial charge is 0.478 e. The maximum absolute atomic E-state index is 12.0. The number of rotatable bonds is 6. The van der Waals surface area contributed by atoms with Crippen molar-refractivity contribution >= 4 is 29.5 Å². The number of carbonyl (C=O) groups excluding carboxylic acids is 2. The average Bonchev–Trinajstić information content (AvgIpc) is 2.97. The second-order valence-electron chi connectivity index (χ2n) is 6.99. The molecule has 0 aromatic carbocycles. The van der Waals surface area contributed by atoms with Crippen molar-refractivity contribution in [1.29, 1.82) is 0 Å². The van der Waals surface area contributed by atoms with Gasteiger partial charge in [-0.2, -0.15) is 0 Å². The van der Waals surface area contributed by atoms with Gasteiger partial charge < -0.3 is 21.1 Å². The molecule has 2 atom stereocenters. The summed E-state index contributed by atoms with van der Waals surface area (Å²) in [5.41, 5.74) is 7.30. The molecule has 3 aliphatic rings. The van der Waals surface area contributed by atoms with Gasteiger partial charge in [0.1, 0.15) is 5.37 Å². The second-order valence-corrected chi connectivity index (χ2v) is 8.10. The van der Waals surface area contributed by atoms with E-state index in [2.05, 4.69) is 17.1 Å². The van der Waals surface area contributed by atoms with Gasteiger partial charge in [-0.05, 0) is 31.3 Å². The summed E-state index contributed by atoms with van der Waals surface area (Å²) in [6.45, 7) is 3.99. The van der Waals surface area contributed by atoms with E-state index in [-0.39, 0.29) is 11.5 Å². The van der Waals surface area contributed by atoms with Crippen molar-refractivity contribution in [1.82, 2.24) is 10.2 Å². The summed E-state index contributed by atoms with van der Waals surface area (Å²) < 4.78 is 0. The van der Waals surface area contributed by atoms with Crippen LogP contribution in [0, 0.1) is 5.92 Å². The molecule has 3 heterocycles. The maximum Gasteiger partial charge on any atom is 0.334 e. The van der Waals surface area contributed by atoms with Crippen LogP contribution in [0.25, 0.3) is 0 Å². The molecule has 0 spiro atoms. The zero-order valence-corrected chi connectivity index (χ0v) is 15.7. The fourth-order valence-corrected chi connectivity index (χ4v) is 5.59. The molecule has 4 N–H and O–H groups in total. The van der Waals surface area contributed by atoms with Crippen LogP contribution in [-0.2, 0) is 14.4 Å². The highest BCUT2D eigenvalue weighted by Crippen LogP contribution is 2.52. The number of thioether (sulfide) groups is 1. The number of carboxylic acids is 1. The van der Waals surface area contributed by atoms with E-state index in [9.17, 15) is 19.5 Å². The number of primary amides is 1. The number of hydrogen-bond donors (Lipinski definition) is 3. The van der Waals surface area contributed by atoms with Crippen LogP contribution in [-0.4, -0.2) is 46.3 Å². The number of amides is 2. The molecule has 26 heavy (non-hydrogen) atoms. The molecular formula is C18H25N3O4S. The van der Waals surface area contributed by atoms with Crippen molar-refractivity contribution in [3.63, 3.8) is 0 Å². The summed E-state index contributed by atoms with van der Waals surface area (Å²) in [7, 11) is 0. The molecular weight excluding hydrogens is 354 g/mol. The first-order valence-electron chi connectivity index (χ1n) is 9.16. The van der Waals surface area contributed by atoms with Gasteiger partial charge in [0, 0.05) is 29.6 Å². The first kappa shape index (κ1) is 18.8. The van der Waals surface area contributed by atoms with Gasteiger partial charge in [-0.1, -0.05) is 31.5 Å². The quantitative estimate of drug-likeness (QED) is 0.477. The third kappa shape index (κ3) is 3.47. The van der Waals surface area contributed by atoms with Crippen molar-refractivity contribution in [3.05, 3.63) is 21.7 Å². The number of nitrogens with one attached hydrogen (secondary N) is 1. The molecule has 0 saturated carbocycles. The third-order valence-electron chi connectivity index (χ3n) is 5.24. The predicted molar refractivity (Wildman–Crippen MR) is 98.8 cm³/mol. The number of aliphatic carboxylic acids is 1. The fourth-order valence-electron chi connectivity index (χ4n) is 4.07. The standard InChI is InChI=1S/C18H25N3O4S/c1-2-3-4-7-11-14-12(10-6-5-8-21(11)9-10)13(18(24)25)17(26-14)20-16(23)15(19)22/h10,17H,2-9H2,1H3,(H2,19,22)(H,20,23)(H,24,25). The third-order valence-corrected chi connectivity index (χ3v) is 6.52. The summed E-state index contributed by atoms with van der Waals surface area (Å²) >= 11 is 1.34. The van der Waals surface area contributed by atoms with Gasteiger partial charge >= 0.3 is 17.8 Å². The van der Waals surface area contributed by atoms with E-state index in [1.807, 2.05) is 0 Å². The van der Waals surface area contributed by atoms with Gasteiger partial charge in [0.15, 0.2) is 0 Å². The summed E-state index contributed by atoms with van der Waals surface area (Å²) in [4.78, 5) is 38.2. The average molecular weight is 379 g/mol. The lowest BCUT2D eigenvalue weighted by Crippen LogP contribution is -2.42. The van der Waals surface area contributed by atoms with E-state index in [0.717, 1.165) is 62.1 Å². The normalized spacial score (nSPS) is 24.6. The molecule has 0 aromatic rings. The lowest BCUT2D eigenvalue weighted by atomic mass is 9.82. The van der Waals surface area contributed by atoms with E-state index < -0.39 is 23.2 Å². The molecule has 1 fully saturated rings. The number of fused-ring (bicyclic) bond motifs is 4. The molecule has 0 aromatic heterocycles. The Kier molecular flexibility index (Phi) is 5.60. The SMILES string of the molecule is CCCCCC1=C2SC(NC(=O)C(N)=O)C(C(=O)O)=C2C2CCCN1C2. The topological polar surface area (TPSA) is 113 Å². The van der Waals surface area contributed by atoms with Gasteiger partial charge in [0.2, 0.25) is 0 Å². The van der Waals surface area contributed by atoms with Crippen LogP contribution >= 0.6 is 11.8 Å². The Labute approximate surface area is 157 Å². The molecule has 0 aliphatic carbocycles. The highest BCUT2D eigenvalue weighted by Gasteiger charge is 2.45. The Bertz CT molecular complexity index is 701. The van der Waals surface area contributed by atoms with Crippen LogP contribution in [0.2, 0.25) is 0 Å². The highest BCUT2D eigenvalue weighted by atomic mass is 32.2.